The predicted molar refractivity (Wildman–Crippen MR) is 433 cm³/mol. The van der Waals surface area contributed by atoms with Crippen molar-refractivity contribution >= 4 is 127 Å². The molecular weight excluding hydrogens is 1580 g/mol. The molecular formula is C76H105N21O19S2. The van der Waals surface area contributed by atoms with E-state index in [4.69, 9.17) is 22.9 Å². The number of aliphatic hydroxyl groups is 2. The first-order chi connectivity index (χ1) is 56.4. The first kappa shape index (κ1) is 93.3. The Morgan fingerprint density at radius 1 is 0.619 bits per heavy atom. The van der Waals surface area contributed by atoms with Gasteiger partial charge in [-0.1, -0.05) is 96.1 Å². The van der Waals surface area contributed by atoms with Gasteiger partial charge in [0.1, 0.15) is 84.3 Å². The number of phenols is 1. The van der Waals surface area contributed by atoms with Crippen LogP contribution in [-0.4, -0.2) is 258 Å². The molecule has 3 aromatic carbocycles. The van der Waals surface area contributed by atoms with Crippen molar-refractivity contribution in [3.05, 3.63) is 120 Å². The van der Waals surface area contributed by atoms with Crippen molar-refractivity contribution in [1.29, 1.82) is 0 Å². The molecule has 0 spiro atoms. The third-order valence-corrected chi connectivity index (χ3v) is 21.7. The van der Waals surface area contributed by atoms with Crippen LogP contribution < -0.4 is 86.7 Å². The number of carbonyl (C=O) groups excluding carboxylic acids is 14. The zero-order valence-corrected chi connectivity index (χ0v) is 67.0. The van der Waals surface area contributed by atoms with Crippen LogP contribution >= 0.6 is 21.6 Å². The Morgan fingerprint density at radius 3 is 1.84 bits per heavy atom. The van der Waals surface area contributed by atoms with Crippen molar-refractivity contribution in [2.24, 2.45) is 33.8 Å². The highest BCUT2D eigenvalue weighted by molar-refractivity contribution is 8.76. The lowest BCUT2D eigenvalue weighted by Crippen LogP contribution is -2.62. The zero-order valence-electron chi connectivity index (χ0n) is 65.3. The Kier molecular flexibility index (Phi) is 37.0. The summed E-state index contributed by atoms with van der Waals surface area (Å²) in [5.41, 5.74) is 25.0. The number of benzene rings is 3. The lowest BCUT2D eigenvalue weighted by Gasteiger charge is -2.31. The number of hydrogen-bond donors (Lipinski definition) is 22. The minimum absolute atomic E-state index is 0.0170. The van der Waals surface area contributed by atoms with Crippen molar-refractivity contribution in [3.8, 4) is 5.75 Å². The number of hydrogen-bond acceptors (Lipinski definition) is 23. The van der Waals surface area contributed by atoms with Gasteiger partial charge in [-0.05, 0) is 98.7 Å². The number of aliphatic imine (C=N–C) groups is 1. The number of phenolic OH excluding ortho intramolecular Hbond substituents is 1. The SMILES string of the molecule is CC(=O)N[C@@H](CO)C(=O)N[C@@H](Cc1ccc(O)cc1)C(=O)N[C@@H](CO)C(=O)N[C@H]1CSSC[C@@H](C(=O)N[C@@H](CCCCN)C(=O)N2CCC[C@H]2C(=O)N[C@H](C(N)=O)C(C)C)NC(=O)[C@H](Cc2c[nH]c3ccccc23)NC(=O)[C@@H](CCCN=C(N)N)NC(=O)[C@H](Cc2ccccc2)NC(=O)[C@@H](Cc2c[nH]cn2)NC(=O)[C@H](CCC(=O)O)NC1=O. The fourth-order valence-corrected chi connectivity index (χ4v) is 15.3. The molecule has 2 fully saturated rings. The van der Waals surface area contributed by atoms with Gasteiger partial charge in [0.25, 0.3) is 0 Å². The van der Waals surface area contributed by atoms with E-state index in [0.717, 1.165) is 28.5 Å². The average Bonchev–Trinajstić information content (AvgIpc) is 1.64. The van der Waals surface area contributed by atoms with Gasteiger partial charge in [-0.2, -0.15) is 0 Å². The molecule has 640 valence electrons. The number of imidazole rings is 1. The van der Waals surface area contributed by atoms with Crippen LogP contribution in [0.25, 0.3) is 10.9 Å². The van der Waals surface area contributed by atoms with E-state index >= 15 is 33.6 Å². The number of aliphatic carboxylic acids is 1. The van der Waals surface area contributed by atoms with Crippen LogP contribution in [0.1, 0.15) is 101 Å². The number of nitrogens with two attached hydrogens (primary N) is 4. The van der Waals surface area contributed by atoms with Crippen molar-refractivity contribution in [2.75, 3.05) is 44.4 Å². The molecule has 7 rings (SSSR count). The fourth-order valence-electron chi connectivity index (χ4n) is 13.0. The summed E-state index contributed by atoms with van der Waals surface area (Å²) in [5.74, 6) is -17.5. The number of nitrogens with one attached hydrogen (secondary N) is 14. The summed E-state index contributed by atoms with van der Waals surface area (Å²) in [6.45, 7) is 2.36. The first-order valence-corrected chi connectivity index (χ1v) is 40.8. The third-order valence-electron chi connectivity index (χ3n) is 19.3. The van der Waals surface area contributed by atoms with E-state index < -0.39 is 217 Å². The Labute approximate surface area is 686 Å². The van der Waals surface area contributed by atoms with Gasteiger partial charge in [-0.25, -0.2) is 4.98 Å². The zero-order chi connectivity index (χ0) is 86.1. The lowest BCUT2D eigenvalue weighted by atomic mass is 10.0. The molecule has 0 aliphatic carbocycles. The number of nitrogens with zero attached hydrogens (tertiary/aromatic N) is 3. The number of fused-ring (bicyclic) bond motifs is 1. The first-order valence-electron chi connectivity index (χ1n) is 38.4. The highest BCUT2D eigenvalue weighted by Gasteiger charge is 2.42. The number of aromatic nitrogens is 3. The fraction of sp³-hybridized carbons (Fsp3) is 0.487. The number of aromatic hydroxyl groups is 1. The molecule has 40 nitrogen and oxygen atoms in total. The van der Waals surface area contributed by atoms with Crippen LogP contribution in [-0.2, 0) is 97.6 Å². The van der Waals surface area contributed by atoms with Crippen LogP contribution in [0, 0.1) is 5.92 Å². The topological polar surface area (TPSA) is 645 Å². The van der Waals surface area contributed by atoms with Crippen LogP contribution in [0.3, 0.4) is 0 Å². The summed E-state index contributed by atoms with van der Waals surface area (Å²) < 4.78 is 0. The van der Waals surface area contributed by atoms with Gasteiger partial charge in [0.2, 0.25) is 82.7 Å². The molecule has 13 atom stereocenters. The number of carboxylic acid groups (broad SMARTS) is 1. The van der Waals surface area contributed by atoms with E-state index in [1.165, 1.54) is 41.7 Å². The number of carboxylic acids is 1. The Hall–Kier alpha value is -11.9. The second kappa shape index (κ2) is 46.7. The van der Waals surface area contributed by atoms with Crippen LogP contribution in [0.2, 0.25) is 0 Å². The number of unbranched alkanes of at least 4 members (excludes halogenated alkanes) is 1. The standard InChI is InChI=1S/C76H105N21O19S2/c1-40(2)62(63(78)104)96-74(115)60-19-12-28-97(60)75(116)51(17-9-10-26-77)88-73(114)59-38-118-117-37-58(95-71(112)57(36-99)93-67(108)53(30-43-20-22-46(101)23-21-43)90-70(111)56(35-98)85-41(3)100)72(113)87-50(24-25-61(102)103)65(106)92-55(32-45-34-81-39-84-45)69(110)89-52(29-42-13-5-4-6-14-42)66(107)86-49(18-11-27-82-76(79)80)64(105)91-54(68(109)94-59)31-44-33-83-48-16-8-7-15-47(44)48/h4-8,13-16,20-23,33-34,39-40,49-60,62,83,98-99,101H,9-12,17-19,24-32,35-38,77H2,1-3H3,(H2,78,104)(H,81,84)(H,85,100)(H,86,107)(H,87,113)(H,88,114)(H,89,110)(H,90,111)(H,91,105)(H,92,106)(H,93,108)(H,94,109)(H,95,112)(H,96,115)(H,102,103)(H4,79,80,82)/t49-,50+,51+,52+,53+,54+,55-,56+,57+,58+,59+,60+,62+/m1/s1. The number of aliphatic hydroxyl groups excluding tert-OH is 2. The van der Waals surface area contributed by atoms with Gasteiger partial charge in [-0.3, -0.25) is 76.9 Å². The number of guanidine groups is 1. The van der Waals surface area contributed by atoms with Crippen LogP contribution in [0.5, 0.6) is 5.75 Å². The van der Waals surface area contributed by atoms with E-state index in [1.807, 2.05) is 0 Å². The normalized spacial score (nSPS) is 20.6. The van der Waals surface area contributed by atoms with Crippen molar-refractivity contribution in [3.63, 3.8) is 0 Å². The molecule has 0 unspecified atom stereocenters. The highest BCUT2D eigenvalue weighted by Crippen LogP contribution is 2.27. The summed E-state index contributed by atoms with van der Waals surface area (Å²) in [6, 6.07) is -0.502. The van der Waals surface area contributed by atoms with E-state index in [2.05, 4.69) is 83.7 Å². The van der Waals surface area contributed by atoms with Gasteiger partial charge in [0, 0.05) is 86.9 Å². The predicted octanol–water partition coefficient (Wildman–Crippen LogP) is -4.74. The summed E-state index contributed by atoms with van der Waals surface area (Å²) >= 11 is 0. The molecule has 0 radical (unpaired) electrons. The number of likely N-dealkylation sites (tertiary alicyclic amines) is 1. The molecule has 2 aromatic heterocycles. The molecule has 2 saturated heterocycles. The lowest BCUT2D eigenvalue weighted by molar-refractivity contribution is -0.142. The van der Waals surface area contributed by atoms with Crippen molar-refractivity contribution < 1.29 is 92.3 Å². The van der Waals surface area contributed by atoms with Gasteiger partial charge in [-0.15, -0.1) is 0 Å². The minimum Gasteiger partial charge on any atom is -0.508 e. The second-order valence-corrected chi connectivity index (χ2v) is 31.2. The number of primary amides is 1. The molecule has 118 heavy (non-hydrogen) atoms. The van der Waals surface area contributed by atoms with Gasteiger partial charge in [0.05, 0.1) is 25.2 Å². The molecule has 14 amide bonds. The van der Waals surface area contributed by atoms with E-state index in [-0.39, 0.29) is 88.4 Å². The number of carbonyl (C=O) groups is 15. The molecule has 26 N–H and O–H groups in total. The third kappa shape index (κ3) is 29.1. The molecule has 0 saturated carbocycles. The second-order valence-electron chi connectivity index (χ2n) is 28.7. The van der Waals surface area contributed by atoms with Gasteiger partial charge >= 0.3 is 5.97 Å². The van der Waals surface area contributed by atoms with E-state index in [1.54, 1.807) is 74.6 Å². The minimum atomic E-state index is -2.02. The molecule has 5 aromatic rings. The monoisotopic (exact) mass is 1680 g/mol. The van der Waals surface area contributed by atoms with Crippen LogP contribution in [0.15, 0.2) is 103 Å². The van der Waals surface area contributed by atoms with Gasteiger partial charge in [0.15, 0.2) is 5.96 Å². The highest BCUT2D eigenvalue weighted by atomic mass is 33.1. The average molecular weight is 1680 g/mol. The number of amides is 14. The maximum absolute atomic E-state index is 15.7. The molecule has 2 aliphatic rings. The van der Waals surface area contributed by atoms with Crippen LogP contribution in [0.4, 0.5) is 0 Å². The quantitative estimate of drug-likeness (QED) is 0.00784. The van der Waals surface area contributed by atoms with Crippen molar-refractivity contribution in [1.82, 2.24) is 83.7 Å². The Morgan fingerprint density at radius 2 is 1.21 bits per heavy atom. The smallest absolute Gasteiger partial charge is 0.303 e. The van der Waals surface area contributed by atoms with Gasteiger partial charge < -0.3 is 122 Å². The summed E-state index contributed by atoms with van der Waals surface area (Å²) in [4.78, 5) is 231. The van der Waals surface area contributed by atoms with E-state index in [9.17, 15) is 58.8 Å². The van der Waals surface area contributed by atoms with E-state index in [0.29, 0.717) is 40.4 Å². The Balaban J connectivity index is 1.35. The molecule has 4 heterocycles. The largest absolute Gasteiger partial charge is 0.508 e. The molecule has 2 aliphatic heterocycles. The number of H-pyrrole nitrogens is 2. The summed E-state index contributed by atoms with van der Waals surface area (Å²) in [6.07, 6.45) is 2.13. The summed E-state index contributed by atoms with van der Waals surface area (Å²) in [5, 5.41) is 72.5. The Bertz CT molecular complexity index is 4330. The summed E-state index contributed by atoms with van der Waals surface area (Å²) in [7, 11) is 1.51. The van der Waals surface area contributed by atoms with Crippen molar-refractivity contribution in [2.45, 2.75) is 183 Å². The number of rotatable bonds is 35. The molecule has 0 bridgehead atoms. The number of aromatic amines is 2. The number of para-hydroxylation sites is 1. The maximum Gasteiger partial charge on any atom is 0.303 e. The maximum atomic E-state index is 15.7. The molecule has 42 heteroatoms.